The molecule has 0 saturated carbocycles. The smallest absolute Gasteiger partial charge is 0.266 e. The number of benzene rings is 1. The first kappa shape index (κ1) is 20.1. The minimum atomic E-state index is 0.197. The summed E-state index contributed by atoms with van der Waals surface area (Å²) in [7, 11) is 0. The quantitative estimate of drug-likeness (QED) is 0.494. The molecular weight excluding hydrogens is 350 g/mol. The van der Waals surface area contributed by atoms with Gasteiger partial charge in [0, 0.05) is 11.9 Å². The summed E-state index contributed by atoms with van der Waals surface area (Å²) in [6, 6.07) is 8.55. The molecule has 2 rings (SSSR count). The lowest BCUT2D eigenvalue weighted by atomic mass is 10.0. The second-order valence-electron chi connectivity index (χ2n) is 7.27. The predicted molar refractivity (Wildman–Crippen MR) is 109 cm³/mol. The number of ether oxygens (including phenoxy) is 1. The minimum Gasteiger partial charge on any atom is -0.490 e. The van der Waals surface area contributed by atoms with Crippen molar-refractivity contribution >= 4 is 24.0 Å². The second-order valence-corrected chi connectivity index (χ2v) is 8.67. The zero-order valence-corrected chi connectivity index (χ0v) is 17.2. The normalized spacial score (nSPS) is 12.7. The molecule has 2 aromatic rings. The lowest BCUT2D eigenvalue weighted by Gasteiger charge is -2.21. The Morgan fingerprint density at radius 2 is 1.84 bits per heavy atom. The molecule has 1 unspecified atom stereocenters. The molecule has 25 heavy (non-hydrogen) atoms. The van der Waals surface area contributed by atoms with E-state index in [0.29, 0.717) is 16.7 Å². The van der Waals surface area contributed by atoms with Gasteiger partial charge in [-0.25, -0.2) is 0 Å². The average molecular weight is 380 g/mol. The summed E-state index contributed by atoms with van der Waals surface area (Å²) in [5.41, 5.74) is 1.37. The van der Waals surface area contributed by atoms with Crippen LogP contribution in [-0.4, -0.2) is 16.8 Å². The van der Waals surface area contributed by atoms with Gasteiger partial charge in [-0.15, -0.1) is 11.8 Å². The van der Waals surface area contributed by atoms with Gasteiger partial charge in [0.2, 0.25) is 0 Å². The van der Waals surface area contributed by atoms with E-state index >= 15 is 0 Å². The summed E-state index contributed by atoms with van der Waals surface area (Å²) in [5.74, 6) is 4.85. The molecule has 0 fully saturated rings. The average Bonchev–Trinajstić information content (AvgIpc) is 2.93. The number of nitrogens with one attached hydrogen (secondary N) is 1. The summed E-state index contributed by atoms with van der Waals surface area (Å²) < 4.78 is 11.7. The molecule has 5 heteroatoms. The van der Waals surface area contributed by atoms with Crippen molar-refractivity contribution in [1.82, 2.24) is 4.98 Å². The number of hydrogen-bond donors (Lipinski definition) is 1. The monoisotopic (exact) mass is 379 g/mol. The van der Waals surface area contributed by atoms with Crippen molar-refractivity contribution < 1.29 is 9.15 Å². The highest BCUT2D eigenvalue weighted by atomic mass is 32.2. The molecule has 0 spiro atoms. The van der Waals surface area contributed by atoms with Crippen LogP contribution in [0.3, 0.4) is 0 Å². The number of hydrogen-bond acceptors (Lipinski definition) is 4. The Morgan fingerprint density at radius 3 is 2.40 bits per heavy atom. The number of oxazole rings is 1. The van der Waals surface area contributed by atoms with E-state index in [-0.39, 0.29) is 6.10 Å². The molecule has 0 aliphatic carbocycles. The van der Waals surface area contributed by atoms with Gasteiger partial charge in [0.05, 0.1) is 5.75 Å². The summed E-state index contributed by atoms with van der Waals surface area (Å²) in [6.45, 7) is 8.95. The van der Waals surface area contributed by atoms with Gasteiger partial charge in [-0.2, -0.15) is 0 Å². The van der Waals surface area contributed by atoms with E-state index in [2.05, 4.69) is 56.9 Å². The number of thioether (sulfide) groups is 1. The lowest BCUT2D eigenvalue weighted by Crippen LogP contribution is -2.22. The Labute approximate surface area is 160 Å². The van der Waals surface area contributed by atoms with Crippen LogP contribution >= 0.6 is 24.0 Å². The van der Waals surface area contributed by atoms with Crippen molar-refractivity contribution in [3.05, 3.63) is 46.6 Å². The van der Waals surface area contributed by atoms with Crippen molar-refractivity contribution in [1.29, 1.82) is 0 Å². The fourth-order valence-corrected chi connectivity index (χ4v) is 3.82. The highest BCUT2D eigenvalue weighted by Crippen LogP contribution is 2.22. The first-order valence-electron chi connectivity index (χ1n) is 8.93. The van der Waals surface area contributed by atoms with Crippen LogP contribution in [-0.2, 0) is 12.2 Å². The molecule has 3 nitrogen and oxygen atoms in total. The van der Waals surface area contributed by atoms with E-state index in [1.54, 1.807) is 0 Å². The maximum absolute atomic E-state index is 6.25. The summed E-state index contributed by atoms with van der Waals surface area (Å²) in [4.78, 5) is 3.34. The van der Waals surface area contributed by atoms with Gasteiger partial charge in [0.15, 0.2) is 0 Å². The predicted octanol–water partition coefficient (Wildman–Crippen LogP) is 6.26. The molecule has 1 aromatic heterocycles. The van der Waals surface area contributed by atoms with Crippen LogP contribution in [0.15, 0.2) is 34.9 Å². The SMILES string of the molecule is CC(C)Cc1ccc(OC(CSCc2c[nH]c(=S)o2)CC(C)C)cc1. The van der Waals surface area contributed by atoms with E-state index in [1.165, 1.54) is 5.56 Å². The van der Waals surface area contributed by atoms with Crippen molar-refractivity contribution in [2.24, 2.45) is 11.8 Å². The second kappa shape index (κ2) is 10.1. The molecule has 1 aromatic carbocycles. The Bertz CT molecular complexity index is 674. The van der Waals surface area contributed by atoms with Crippen LogP contribution in [0.4, 0.5) is 0 Å². The first-order chi connectivity index (χ1) is 11.9. The molecular formula is C20H29NO2S2. The van der Waals surface area contributed by atoms with Crippen LogP contribution in [0.2, 0.25) is 0 Å². The highest BCUT2D eigenvalue weighted by molar-refractivity contribution is 7.98. The maximum Gasteiger partial charge on any atom is 0.266 e. The third-order valence-corrected chi connectivity index (χ3v) is 5.02. The van der Waals surface area contributed by atoms with E-state index < -0.39 is 0 Å². The Hall–Kier alpha value is -1.20. The summed E-state index contributed by atoms with van der Waals surface area (Å²) in [5, 5.41) is 0. The zero-order valence-electron chi connectivity index (χ0n) is 15.6. The molecule has 0 saturated heterocycles. The third kappa shape index (κ3) is 7.70. The van der Waals surface area contributed by atoms with Gasteiger partial charge in [-0.05, 0) is 54.6 Å². The standard InChI is InChI=1S/C20H29NO2S2/c1-14(2)9-16-5-7-17(8-6-16)22-18(10-15(3)4)12-25-13-19-11-21-20(24)23-19/h5-8,11,14-15,18H,9-10,12-13H2,1-4H3,(H,21,24). The fourth-order valence-electron chi connectivity index (χ4n) is 2.72. The molecule has 0 bridgehead atoms. The summed E-state index contributed by atoms with van der Waals surface area (Å²) >= 11 is 6.77. The summed E-state index contributed by atoms with van der Waals surface area (Å²) in [6.07, 6.45) is 4.18. The van der Waals surface area contributed by atoms with E-state index in [1.807, 2.05) is 18.0 Å². The Balaban J connectivity index is 1.88. The number of rotatable bonds is 10. The molecule has 138 valence electrons. The van der Waals surface area contributed by atoms with E-state index in [9.17, 15) is 0 Å². The van der Waals surface area contributed by atoms with Gasteiger partial charge >= 0.3 is 0 Å². The number of aromatic amines is 1. The molecule has 1 atom stereocenters. The van der Waals surface area contributed by atoms with Crippen LogP contribution in [0, 0.1) is 16.7 Å². The molecule has 0 radical (unpaired) electrons. The van der Waals surface area contributed by atoms with Crippen LogP contribution < -0.4 is 4.74 Å². The van der Waals surface area contributed by atoms with Gasteiger partial charge in [0.1, 0.15) is 17.6 Å². The van der Waals surface area contributed by atoms with Gasteiger partial charge in [-0.1, -0.05) is 39.8 Å². The van der Waals surface area contributed by atoms with Crippen molar-refractivity contribution in [3.63, 3.8) is 0 Å². The van der Waals surface area contributed by atoms with Gasteiger partial charge in [0.25, 0.3) is 4.84 Å². The van der Waals surface area contributed by atoms with Crippen molar-refractivity contribution in [2.45, 2.75) is 52.4 Å². The first-order valence-corrected chi connectivity index (χ1v) is 10.5. The Morgan fingerprint density at radius 1 is 1.12 bits per heavy atom. The third-order valence-electron chi connectivity index (χ3n) is 3.73. The highest BCUT2D eigenvalue weighted by Gasteiger charge is 2.14. The minimum absolute atomic E-state index is 0.197. The molecule has 1 heterocycles. The molecule has 0 amide bonds. The van der Waals surface area contributed by atoms with Crippen LogP contribution in [0.1, 0.15) is 45.4 Å². The van der Waals surface area contributed by atoms with E-state index in [0.717, 1.165) is 35.9 Å². The molecule has 0 aliphatic heterocycles. The lowest BCUT2D eigenvalue weighted by molar-refractivity contribution is 0.197. The largest absolute Gasteiger partial charge is 0.490 e. The molecule has 0 aliphatic rings. The number of aromatic nitrogens is 1. The van der Waals surface area contributed by atoms with Gasteiger partial charge in [-0.3, -0.25) is 0 Å². The van der Waals surface area contributed by atoms with Crippen molar-refractivity contribution in [3.8, 4) is 5.75 Å². The van der Waals surface area contributed by atoms with Crippen molar-refractivity contribution in [2.75, 3.05) is 5.75 Å². The number of H-pyrrole nitrogens is 1. The topological polar surface area (TPSA) is 38.2 Å². The molecule has 1 N–H and O–H groups in total. The zero-order chi connectivity index (χ0) is 18.2. The maximum atomic E-state index is 6.25. The fraction of sp³-hybridized carbons (Fsp3) is 0.550. The van der Waals surface area contributed by atoms with Crippen LogP contribution in [0.5, 0.6) is 5.75 Å². The van der Waals surface area contributed by atoms with E-state index in [4.69, 9.17) is 21.4 Å². The van der Waals surface area contributed by atoms with Gasteiger partial charge < -0.3 is 14.1 Å². The Kier molecular flexibility index (Phi) is 8.10. The van der Waals surface area contributed by atoms with Crippen LogP contribution in [0.25, 0.3) is 0 Å².